The highest BCUT2D eigenvalue weighted by Crippen LogP contribution is 2.08. The summed E-state index contributed by atoms with van der Waals surface area (Å²) in [5, 5.41) is 20.7. The third-order valence-electron chi connectivity index (χ3n) is 1.52. The van der Waals surface area contributed by atoms with E-state index in [9.17, 15) is 14.9 Å². The Hall–Kier alpha value is -2.49. The van der Waals surface area contributed by atoms with Crippen LogP contribution in [0.1, 0.15) is 10.5 Å². The molecule has 1 N–H and O–H groups in total. The molecule has 15 heavy (non-hydrogen) atoms. The highest BCUT2D eigenvalue weighted by molar-refractivity contribution is 5.92. The van der Waals surface area contributed by atoms with E-state index in [4.69, 9.17) is 5.26 Å². The van der Waals surface area contributed by atoms with Crippen molar-refractivity contribution >= 4 is 11.6 Å². The maximum Gasteiger partial charge on any atom is 0.287 e. The molecule has 0 unspecified atom stereocenters. The Kier molecular flexibility index (Phi) is 3.29. The zero-order valence-corrected chi connectivity index (χ0v) is 7.51. The summed E-state index contributed by atoms with van der Waals surface area (Å²) in [4.78, 5) is 24.4. The number of hydrogen-bond acceptors (Lipinski definition) is 5. The summed E-state index contributed by atoms with van der Waals surface area (Å²) in [6.07, 6.45) is 0.987. The fraction of sp³-hybridized carbons (Fsp3) is 0.125. The summed E-state index contributed by atoms with van der Waals surface area (Å²) in [7, 11) is 0. The standard InChI is InChI=1S/C8H6N4O3/c9-3-4-10-8(13)7-2-1-6(5-11-7)12(14)15/h1-2,5H,4H2,(H,10,13). The molecule has 0 bridgehead atoms. The van der Waals surface area contributed by atoms with Gasteiger partial charge in [0.2, 0.25) is 0 Å². The molecule has 0 aromatic carbocycles. The number of nitriles is 1. The van der Waals surface area contributed by atoms with Crippen molar-refractivity contribution in [2.24, 2.45) is 0 Å². The molecule has 1 aromatic rings. The van der Waals surface area contributed by atoms with Gasteiger partial charge in [-0.15, -0.1) is 0 Å². The van der Waals surface area contributed by atoms with E-state index in [0.717, 1.165) is 6.20 Å². The van der Waals surface area contributed by atoms with Crippen LogP contribution in [0.3, 0.4) is 0 Å². The van der Waals surface area contributed by atoms with Gasteiger partial charge in [0.25, 0.3) is 11.6 Å². The molecular weight excluding hydrogens is 200 g/mol. The zero-order chi connectivity index (χ0) is 11.3. The second-order valence-corrected chi connectivity index (χ2v) is 2.50. The number of amides is 1. The van der Waals surface area contributed by atoms with E-state index >= 15 is 0 Å². The molecule has 0 aliphatic rings. The largest absolute Gasteiger partial charge is 0.338 e. The van der Waals surface area contributed by atoms with Crippen molar-refractivity contribution < 1.29 is 9.72 Å². The van der Waals surface area contributed by atoms with Crippen LogP contribution in [0.4, 0.5) is 5.69 Å². The minimum absolute atomic E-state index is 0.0378. The smallest absolute Gasteiger partial charge is 0.287 e. The van der Waals surface area contributed by atoms with E-state index in [0.29, 0.717) is 0 Å². The quantitative estimate of drug-likeness (QED) is 0.433. The number of aromatic nitrogens is 1. The zero-order valence-electron chi connectivity index (χ0n) is 7.51. The number of nitro groups is 1. The summed E-state index contributed by atoms with van der Waals surface area (Å²) in [6, 6.07) is 4.13. The predicted molar refractivity (Wildman–Crippen MR) is 48.8 cm³/mol. The van der Waals surface area contributed by atoms with Crippen LogP contribution in [0.25, 0.3) is 0 Å². The molecule has 1 aromatic heterocycles. The molecule has 0 atom stereocenters. The van der Waals surface area contributed by atoms with Gasteiger partial charge in [0.1, 0.15) is 18.4 Å². The third-order valence-corrected chi connectivity index (χ3v) is 1.52. The number of rotatable bonds is 3. The molecule has 0 saturated carbocycles. The highest BCUT2D eigenvalue weighted by atomic mass is 16.6. The highest BCUT2D eigenvalue weighted by Gasteiger charge is 2.09. The molecule has 7 nitrogen and oxygen atoms in total. The lowest BCUT2D eigenvalue weighted by Gasteiger charge is -1.98. The van der Waals surface area contributed by atoms with Gasteiger partial charge in [0.05, 0.1) is 11.0 Å². The number of carbonyl (C=O) groups is 1. The Morgan fingerprint density at radius 3 is 2.87 bits per heavy atom. The second-order valence-electron chi connectivity index (χ2n) is 2.50. The Labute approximate surface area is 84.5 Å². The van der Waals surface area contributed by atoms with Crippen molar-refractivity contribution in [3.8, 4) is 6.07 Å². The first-order valence-electron chi connectivity index (χ1n) is 3.90. The first-order valence-corrected chi connectivity index (χ1v) is 3.90. The minimum Gasteiger partial charge on any atom is -0.338 e. The lowest BCUT2D eigenvalue weighted by molar-refractivity contribution is -0.385. The Bertz CT molecular complexity index is 421. The maximum absolute atomic E-state index is 11.2. The second kappa shape index (κ2) is 4.66. The van der Waals surface area contributed by atoms with Crippen molar-refractivity contribution in [2.75, 3.05) is 6.54 Å². The van der Waals surface area contributed by atoms with Gasteiger partial charge in [-0.2, -0.15) is 5.26 Å². The van der Waals surface area contributed by atoms with E-state index in [2.05, 4.69) is 10.3 Å². The number of nitrogens with one attached hydrogen (secondary N) is 1. The van der Waals surface area contributed by atoms with Crippen LogP contribution in [0.15, 0.2) is 18.3 Å². The average molecular weight is 206 g/mol. The van der Waals surface area contributed by atoms with Gasteiger partial charge in [-0.05, 0) is 6.07 Å². The van der Waals surface area contributed by atoms with E-state index in [1.807, 2.05) is 0 Å². The molecule has 0 fully saturated rings. The van der Waals surface area contributed by atoms with Crippen molar-refractivity contribution in [1.29, 1.82) is 5.26 Å². The fourth-order valence-electron chi connectivity index (χ4n) is 0.839. The molecule has 1 rings (SSSR count). The molecule has 0 saturated heterocycles. The van der Waals surface area contributed by atoms with Crippen molar-refractivity contribution in [3.63, 3.8) is 0 Å². The number of hydrogen-bond donors (Lipinski definition) is 1. The lowest BCUT2D eigenvalue weighted by Crippen LogP contribution is -2.24. The molecule has 7 heteroatoms. The normalized spacial score (nSPS) is 9.00. The van der Waals surface area contributed by atoms with Gasteiger partial charge in [0.15, 0.2) is 0 Å². The maximum atomic E-state index is 11.2. The first-order chi connectivity index (χ1) is 7.15. The van der Waals surface area contributed by atoms with Crippen LogP contribution < -0.4 is 5.32 Å². The molecule has 0 spiro atoms. The van der Waals surface area contributed by atoms with Crippen LogP contribution in [0.5, 0.6) is 0 Å². The molecule has 0 radical (unpaired) electrons. The fourth-order valence-corrected chi connectivity index (χ4v) is 0.839. The summed E-state index contributed by atoms with van der Waals surface area (Å²) in [5.74, 6) is -0.536. The molecule has 0 aliphatic carbocycles. The third kappa shape index (κ3) is 2.73. The van der Waals surface area contributed by atoms with E-state index < -0.39 is 10.8 Å². The Morgan fingerprint density at radius 1 is 1.67 bits per heavy atom. The summed E-state index contributed by atoms with van der Waals surface area (Å²) < 4.78 is 0. The van der Waals surface area contributed by atoms with E-state index in [1.54, 1.807) is 6.07 Å². The summed E-state index contributed by atoms with van der Waals surface area (Å²) >= 11 is 0. The van der Waals surface area contributed by atoms with E-state index in [1.165, 1.54) is 12.1 Å². The van der Waals surface area contributed by atoms with Crippen LogP contribution in [0.2, 0.25) is 0 Å². The molecule has 0 aliphatic heterocycles. The molecule has 1 heterocycles. The average Bonchev–Trinajstić information content (AvgIpc) is 2.26. The molecular formula is C8H6N4O3. The van der Waals surface area contributed by atoms with Crippen molar-refractivity contribution in [3.05, 3.63) is 34.1 Å². The van der Waals surface area contributed by atoms with Gasteiger partial charge in [0, 0.05) is 6.07 Å². The van der Waals surface area contributed by atoms with E-state index in [-0.39, 0.29) is 17.9 Å². The van der Waals surface area contributed by atoms with Gasteiger partial charge in [-0.1, -0.05) is 0 Å². The van der Waals surface area contributed by atoms with Gasteiger partial charge >= 0.3 is 0 Å². The predicted octanol–water partition coefficient (Wildman–Crippen LogP) is 0.243. The molecule has 1 amide bonds. The van der Waals surface area contributed by atoms with Crippen molar-refractivity contribution in [2.45, 2.75) is 0 Å². The van der Waals surface area contributed by atoms with Crippen molar-refractivity contribution in [1.82, 2.24) is 10.3 Å². The number of carbonyl (C=O) groups excluding carboxylic acids is 1. The van der Waals surface area contributed by atoms with Crippen LogP contribution >= 0.6 is 0 Å². The minimum atomic E-state index is -0.607. The van der Waals surface area contributed by atoms with Gasteiger partial charge < -0.3 is 5.32 Å². The number of pyridine rings is 1. The SMILES string of the molecule is N#CCNC(=O)c1ccc([N+](=O)[O-])cn1. The van der Waals surface area contributed by atoms with Crippen LogP contribution in [-0.2, 0) is 0 Å². The molecule has 76 valence electrons. The Morgan fingerprint density at radius 2 is 2.40 bits per heavy atom. The number of nitrogens with zero attached hydrogens (tertiary/aromatic N) is 3. The van der Waals surface area contributed by atoms with Gasteiger partial charge in [-0.3, -0.25) is 14.9 Å². The lowest BCUT2D eigenvalue weighted by atomic mass is 10.3. The summed E-state index contributed by atoms with van der Waals surface area (Å²) in [5.41, 5.74) is -0.150. The topological polar surface area (TPSA) is 109 Å². The van der Waals surface area contributed by atoms with Crippen LogP contribution in [0, 0.1) is 21.4 Å². The monoisotopic (exact) mass is 206 g/mol. The Balaban J connectivity index is 2.76. The first kappa shape index (κ1) is 10.6. The van der Waals surface area contributed by atoms with Crippen LogP contribution in [-0.4, -0.2) is 22.4 Å². The summed E-state index contributed by atoms with van der Waals surface area (Å²) in [6.45, 7) is -0.127. The van der Waals surface area contributed by atoms with Gasteiger partial charge in [-0.25, -0.2) is 4.98 Å².